The van der Waals surface area contributed by atoms with Crippen LogP contribution in [-0.4, -0.2) is 35.2 Å². The molecule has 0 aromatic rings. The molecule has 4 nitrogen and oxygen atoms in total. The minimum absolute atomic E-state index is 0.0185. The van der Waals surface area contributed by atoms with E-state index in [-0.39, 0.29) is 18.2 Å². The van der Waals surface area contributed by atoms with Crippen LogP contribution in [0.15, 0.2) is 12.7 Å². The molecule has 0 bridgehead atoms. The van der Waals surface area contributed by atoms with Crippen molar-refractivity contribution in [1.82, 2.24) is 4.90 Å². The Kier molecular flexibility index (Phi) is 3.39. The zero-order valence-corrected chi connectivity index (χ0v) is 9.69. The number of rotatable bonds is 1. The summed E-state index contributed by atoms with van der Waals surface area (Å²) >= 11 is 0. The van der Waals surface area contributed by atoms with E-state index in [0.29, 0.717) is 6.54 Å². The second-order valence-electron chi connectivity index (χ2n) is 4.85. The normalized spacial score (nSPS) is 26.5. The first-order valence-corrected chi connectivity index (χ1v) is 5.23. The van der Waals surface area contributed by atoms with Crippen LogP contribution in [0.25, 0.3) is 0 Å². The number of carbonyl (C=O) groups excluding carboxylic acids is 1. The second kappa shape index (κ2) is 4.23. The molecule has 1 fully saturated rings. The van der Waals surface area contributed by atoms with E-state index in [2.05, 4.69) is 6.58 Å². The van der Waals surface area contributed by atoms with Gasteiger partial charge in [0.15, 0.2) is 0 Å². The molecule has 1 aliphatic rings. The van der Waals surface area contributed by atoms with Crippen LogP contribution >= 0.6 is 0 Å². The number of hydrogen-bond donors (Lipinski definition) is 1. The Balaban J connectivity index is 2.64. The molecule has 1 amide bonds. The summed E-state index contributed by atoms with van der Waals surface area (Å²) in [7, 11) is 0. The van der Waals surface area contributed by atoms with Crippen molar-refractivity contribution in [2.75, 3.05) is 6.54 Å². The van der Waals surface area contributed by atoms with Crippen molar-refractivity contribution in [3.05, 3.63) is 12.7 Å². The highest BCUT2D eigenvalue weighted by Crippen LogP contribution is 2.20. The molecule has 4 heteroatoms. The van der Waals surface area contributed by atoms with Crippen molar-refractivity contribution in [2.45, 2.75) is 44.9 Å². The van der Waals surface area contributed by atoms with Crippen molar-refractivity contribution in [3.63, 3.8) is 0 Å². The highest BCUT2D eigenvalue weighted by atomic mass is 16.6. The molecule has 1 saturated heterocycles. The van der Waals surface area contributed by atoms with Crippen molar-refractivity contribution in [1.29, 1.82) is 0 Å². The largest absolute Gasteiger partial charge is 0.444 e. The maximum Gasteiger partial charge on any atom is 0.410 e. The number of amides is 1. The summed E-state index contributed by atoms with van der Waals surface area (Å²) in [4.78, 5) is 13.4. The first kappa shape index (κ1) is 12.0. The predicted octanol–water partition coefficient (Wildman–Crippen LogP) is 1.51. The summed E-state index contributed by atoms with van der Waals surface area (Å²) < 4.78 is 5.29. The van der Waals surface area contributed by atoms with Gasteiger partial charge in [-0.2, -0.15) is 0 Å². The van der Waals surface area contributed by atoms with Crippen LogP contribution in [0.1, 0.15) is 27.2 Å². The monoisotopic (exact) mass is 212 g/mol. The lowest BCUT2D eigenvalue weighted by Crippen LogP contribution is -2.43. The third kappa shape index (κ3) is 2.96. The zero-order valence-electron chi connectivity index (χ0n) is 9.69. The number of carbonyl (C=O) groups is 1. The van der Waals surface area contributed by atoms with Crippen LogP contribution in [0.2, 0.25) is 0 Å². The van der Waals surface area contributed by atoms with Gasteiger partial charge in [-0.25, -0.2) is 4.79 Å². The Morgan fingerprint density at radius 3 is 2.67 bits per heavy atom. The quantitative estimate of drug-likeness (QED) is 0.670. The molecule has 1 heterocycles. The summed E-state index contributed by atoms with van der Waals surface area (Å²) in [6.45, 7) is 9.89. The van der Waals surface area contributed by atoms with Gasteiger partial charge < -0.3 is 15.4 Å². The predicted molar refractivity (Wildman–Crippen MR) is 59.5 cm³/mol. The lowest BCUT2D eigenvalue weighted by Gasteiger charge is -2.28. The van der Waals surface area contributed by atoms with Crippen molar-refractivity contribution >= 4 is 6.09 Å². The Morgan fingerprint density at radius 1 is 1.60 bits per heavy atom. The fourth-order valence-electron chi connectivity index (χ4n) is 1.67. The molecular weight excluding hydrogens is 192 g/mol. The summed E-state index contributed by atoms with van der Waals surface area (Å²) in [6, 6.07) is -0.116. The summed E-state index contributed by atoms with van der Waals surface area (Å²) in [6.07, 6.45) is 2.21. The van der Waals surface area contributed by atoms with Gasteiger partial charge in [-0.1, -0.05) is 6.08 Å². The molecular formula is C11H20N2O2. The van der Waals surface area contributed by atoms with Gasteiger partial charge in [0.2, 0.25) is 0 Å². The van der Waals surface area contributed by atoms with Crippen LogP contribution in [-0.2, 0) is 4.74 Å². The number of hydrogen-bond acceptors (Lipinski definition) is 3. The van der Waals surface area contributed by atoms with Crippen LogP contribution < -0.4 is 5.73 Å². The van der Waals surface area contributed by atoms with Crippen molar-refractivity contribution in [2.24, 2.45) is 5.73 Å². The SMILES string of the molecule is C=C[C@@H]1[C@H](N)CCN1C(=O)OC(C)(C)C. The average molecular weight is 212 g/mol. The van der Waals surface area contributed by atoms with E-state index in [4.69, 9.17) is 10.5 Å². The topological polar surface area (TPSA) is 55.6 Å². The minimum Gasteiger partial charge on any atom is -0.444 e. The summed E-state index contributed by atoms with van der Waals surface area (Å²) in [5, 5.41) is 0. The molecule has 2 N–H and O–H groups in total. The van der Waals surface area contributed by atoms with Crippen molar-refractivity contribution < 1.29 is 9.53 Å². The van der Waals surface area contributed by atoms with Gasteiger partial charge in [-0.3, -0.25) is 0 Å². The zero-order chi connectivity index (χ0) is 11.6. The lowest BCUT2D eigenvalue weighted by molar-refractivity contribution is 0.0252. The minimum atomic E-state index is -0.463. The van der Waals surface area contributed by atoms with Crippen LogP contribution in [0.5, 0.6) is 0 Å². The molecule has 1 aliphatic heterocycles. The first-order valence-electron chi connectivity index (χ1n) is 5.23. The van der Waals surface area contributed by atoms with Gasteiger partial charge in [0.05, 0.1) is 6.04 Å². The maximum absolute atomic E-state index is 11.8. The van der Waals surface area contributed by atoms with Crippen LogP contribution in [0.4, 0.5) is 4.79 Å². The molecule has 0 saturated carbocycles. The smallest absolute Gasteiger partial charge is 0.410 e. The fourth-order valence-corrected chi connectivity index (χ4v) is 1.67. The fraction of sp³-hybridized carbons (Fsp3) is 0.727. The molecule has 86 valence electrons. The van der Waals surface area contributed by atoms with Gasteiger partial charge >= 0.3 is 6.09 Å². The van der Waals surface area contributed by atoms with Gasteiger partial charge in [-0.15, -0.1) is 6.58 Å². The van der Waals surface area contributed by atoms with E-state index in [1.54, 1.807) is 11.0 Å². The number of ether oxygens (including phenoxy) is 1. The molecule has 0 unspecified atom stereocenters. The Morgan fingerprint density at radius 2 is 2.20 bits per heavy atom. The van der Waals surface area contributed by atoms with E-state index >= 15 is 0 Å². The molecule has 0 radical (unpaired) electrons. The highest BCUT2D eigenvalue weighted by molar-refractivity contribution is 5.69. The number of nitrogens with zero attached hydrogens (tertiary/aromatic N) is 1. The number of likely N-dealkylation sites (tertiary alicyclic amines) is 1. The Labute approximate surface area is 91.1 Å². The van der Waals surface area contributed by atoms with Gasteiger partial charge in [0, 0.05) is 12.6 Å². The standard InChI is InChI=1S/C11H20N2O2/c1-5-9-8(12)6-7-13(9)10(14)15-11(2,3)4/h5,8-9H,1,6-7,12H2,2-4H3/t8-,9-/m1/s1. The molecule has 0 aliphatic carbocycles. The third-order valence-corrected chi connectivity index (χ3v) is 2.37. The van der Waals surface area contributed by atoms with E-state index in [1.165, 1.54) is 0 Å². The number of nitrogens with two attached hydrogens (primary N) is 1. The highest BCUT2D eigenvalue weighted by Gasteiger charge is 2.35. The lowest BCUT2D eigenvalue weighted by atomic mass is 10.1. The van der Waals surface area contributed by atoms with Crippen LogP contribution in [0, 0.1) is 0 Å². The van der Waals surface area contributed by atoms with Crippen LogP contribution in [0.3, 0.4) is 0 Å². The van der Waals surface area contributed by atoms with E-state index < -0.39 is 5.60 Å². The molecule has 15 heavy (non-hydrogen) atoms. The van der Waals surface area contributed by atoms with Gasteiger partial charge in [-0.05, 0) is 27.2 Å². The molecule has 1 rings (SSSR count). The Hall–Kier alpha value is -1.03. The molecule has 0 spiro atoms. The molecule has 2 atom stereocenters. The Bertz CT molecular complexity index is 258. The average Bonchev–Trinajstić information content (AvgIpc) is 2.43. The third-order valence-electron chi connectivity index (χ3n) is 2.37. The van der Waals surface area contributed by atoms with Crippen molar-refractivity contribution in [3.8, 4) is 0 Å². The summed E-state index contributed by atoms with van der Waals surface area (Å²) in [5.74, 6) is 0. The van der Waals surface area contributed by atoms with E-state index in [1.807, 2.05) is 20.8 Å². The van der Waals surface area contributed by atoms with Gasteiger partial charge in [0.1, 0.15) is 5.60 Å². The second-order valence-corrected chi connectivity index (χ2v) is 4.85. The van der Waals surface area contributed by atoms with E-state index in [0.717, 1.165) is 6.42 Å². The van der Waals surface area contributed by atoms with E-state index in [9.17, 15) is 4.79 Å². The van der Waals surface area contributed by atoms with Gasteiger partial charge in [0.25, 0.3) is 0 Å². The molecule has 0 aromatic heterocycles. The first-order chi connectivity index (χ1) is 6.85. The maximum atomic E-state index is 11.8. The summed E-state index contributed by atoms with van der Waals surface area (Å²) in [5.41, 5.74) is 5.40. The molecule has 0 aromatic carbocycles.